The summed E-state index contributed by atoms with van der Waals surface area (Å²) >= 11 is 0. The molecule has 1 aliphatic heterocycles. The molecule has 2 aromatic rings. The van der Waals surface area contributed by atoms with Gasteiger partial charge in [0, 0.05) is 25.0 Å². The molecule has 1 aromatic heterocycles. The van der Waals surface area contributed by atoms with Crippen molar-refractivity contribution in [2.24, 2.45) is 0 Å². The maximum absolute atomic E-state index is 13.0. The Morgan fingerprint density at radius 1 is 1.28 bits per heavy atom. The third-order valence-corrected chi connectivity index (χ3v) is 4.29. The smallest absolute Gasteiger partial charge is 0.310 e. The summed E-state index contributed by atoms with van der Waals surface area (Å²) in [7, 11) is 0. The first-order chi connectivity index (χ1) is 11.9. The molecule has 1 N–H and O–H groups in total. The van der Waals surface area contributed by atoms with Gasteiger partial charge in [-0.3, -0.25) is 9.78 Å². The number of aromatic nitrogens is 1. The van der Waals surface area contributed by atoms with Crippen molar-refractivity contribution in [2.75, 3.05) is 11.4 Å². The maximum atomic E-state index is 13.0. The summed E-state index contributed by atoms with van der Waals surface area (Å²) in [5.41, 5.74) is 1.08. The number of carbonyl (C=O) groups is 1. The van der Waals surface area contributed by atoms with E-state index in [0.29, 0.717) is 6.54 Å². The first-order valence-corrected chi connectivity index (χ1v) is 8.01. The van der Waals surface area contributed by atoms with E-state index in [-0.39, 0.29) is 18.1 Å². The van der Waals surface area contributed by atoms with Crippen molar-refractivity contribution in [3.05, 3.63) is 59.4 Å². The number of benzene rings is 1. The van der Waals surface area contributed by atoms with Gasteiger partial charge in [0.15, 0.2) is 0 Å². The Morgan fingerprint density at radius 2 is 2.04 bits per heavy atom. The van der Waals surface area contributed by atoms with E-state index < -0.39 is 17.8 Å². The molecule has 3 rings (SSSR count). The quantitative estimate of drug-likeness (QED) is 0.922. The van der Waals surface area contributed by atoms with Gasteiger partial charge in [0.05, 0.1) is 17.3 Å². The van der Waals surface area contributed by atoms with Gasteiger partial charge in [0.2, 0.25) is 5.91 Å². The largest absolute Gasteiger partial charge is 0.418 e. The molecule has 0 saturated heterocycles. The molecular weight excluding hydrogens is 331 g/mol. The van der Waals surface area contributed by atoms with Crippen molar-refractivity contribution in [3.8, 4) is 0 Å². The minimum Gasteiger partial charge on any atom is -0.310 e. The molecule has 25 heavy (non-hydrogen) atoms. The van der Waals surface area contributed by atoms with Crippen molar-refractivity contribution < 1.29 is 18.0 Å². The molecule has 1 atom stereocenters. The second-order valence-corrected chi connectivity index (χ2v) is 5.97. The number of fused-ring (bicyclic) bond motifs is 1. The first kappa shape index (κ1) is 17.4. The zero-order valence-electron chi connectivity index (χ0n) is 13.7. The maximum Gasteiger partial charge on any atom is 0.418 e. The molecule has 0 unspecified atom stereocenters. The van der Waals surface area contributed by atoms with Crippen molar-refractivity contribution >= 4 is 11.6 Å². The van der Waals surface area contributed by atoms with Crippen LogP contribution in [0.25, 0.3) is 0 Å². The third kappa shape index (κ3) is 3.66. The molecule has 1 amide bonds. The van der Waals surface area contributed by atoms with Crippen LogP contribution in [0.2, 0.25) is 0 Å². The lowest BCUT2D eigenvalue weighted by atomic mass is 10.1. The number of nitrogens with one attached hydrogen (secondary N) is 1. The predicted octanol–water partition coefficient (Wildman–Crippen LogP) is 3.17. The highest BCUT2D eigenvalue weighted by molar-refractivity contribution is 5.98. The van der Waals surface area contributed by atoms with Gasteiger partial charge in [-0.2, -0.15) is 13.2 Å². The van der Waals surface area contributed by atoms with Crippen LogP contribution in [0.3, 0.4) is 0 Å². The highest BCUT2D eigenvalue weighted by Gasteiger charge is 2.34. The number of anilines is 1. The Bertz CT molecular complexity index is 776. The zero-order valence-corrected chi connectivity index (χ0v) is 13.7. The Labute approximate surface area is 143 Å². The summed E-state index contributed by atoms with van der Waals surface area (Å²) in [4.78, 5) is 18.1. The highest BCUT2D eigenvalue weighted by atomic mass is 19.4. The van der Waals surface area contributed by atoms with Gasteiger partial charge in [-0.1, -0.05) is 18.2 Å². The number of amides is 1. The number of para-hydroxylation sites is 1. The number of nitrogens with zero attached hydrogens (tertiary/aromatic N) is 2. The normalized spacial score (nSPS) is 15.1. The van der Waals surface area contributed by atoms with E-state index in [1.165, 1.54) is 12.3 Å². The lowest BCUT2D eigenvalue weighted by molar-refractivity contribution is -0.138. The lowest BCUT2D eigenvalue weighted by Crippen LogP contribution is -2.44. The number of carbonyl (C=O) groups excluding carboxylic acids is 1. The van der Waals surface area contributed by atoms with Crippen LogP contribution < -0.4 is 10.2 Å². The fourth-order valence-electron chi connectivity index (χ4n) is 2.97. The molecule has 0 saturated carbocycles. The van der Waals surface area contributed by atoms with Crippen molar-refractivity contribution in [1.29, 1.82) is 0 Å². The fraction of sp³-hybridized carbons (Fsp3) is 0.333. The van der Waals surface area contributed by atoms with Gasteiger partial charge in [0.1, 0.15) is 0 Å². The van der Waals surface area contributed by atoms with Crippen LogP contribution in [0.5, 0.6) is 0 Å². The van der Waals surface area contributed by atoms with Gasteiger partial charge in [0.25, 0.3) is 0 Å². The lowest BCUT2D eigenvalue weighted by Gasteiger charge is -2.22. The average molecular weight is 349 g/mol. The molecule has 7 heteroatoms. The van der Waals surface area contributed by atoms with E-state index in [9.17, 15) is 18.0 Å². The Morgan fingerprint density at radius 3 is 2.80 bits per heavy atom. The first-order valence-electron chi connectivity index (χ1n) is 8.01. The number of hydrogen-bond donors (Lipinski definition) is 1. The standard InChI is InChI=1S/C18H18F3N3O/c1-12(17(25)24-10-8-13-5-2-3-7-16(13)24)23-11-15-14(18(19,20)21)6-4-9-22-15/h2-7,9,12,23H,8,10-11H2,1H3/t12-/m1/s1. The molecule has 0 fully saturated rings. The van der Waals surface area contributed by atoms with Crippen LogP contribution in [0.15, 0.2) is 42.6 Å². The summed E-state index contributed by atoms with van der Waals surface area (Å²) in [5.74, 6) is -0.158. The zero-order chi connectivity index (χ0) is 18.0. The van der Waals surface area contributed by atoms with Gasteiger partial charge in [-0.05, 0) is 37.1 Å². The van der Waals surface area contributed by atoms with E-state index >= 15 is 0 Å². The van der Waals surface area contributed by atoms with Gasteiger partial charge in [-0.15, -0.1) is 0 Å². The molecule has 132 valence electrons. The second-order valence-electron chi connectivity index (χ2n) is 5.97. The van der Waals surface area contributed by atoms with Gasteiger partial charge < -0.3 is 10.2 Å². The molecule has 0 bridgehead atoms. The van der Waals surface area contributed by atoms with E-state index in [0.717, 1.165) is 23.7 Å². The van der Waals surface area contributed by atoms with Crippen LogP contribution in [-0.4, -0.2) is 23.5 Å². The number of hydrogen-bond acceptors (Lipinski definition) is 3. The molecule has 0 radical (unpaired) electrons. The van der Waals surface area contributed by atoms with Crippen LogP contribution in [0.1, 0.15) is 23.7 Å². The summed E-state index contributed by atoms with van der Waals surface area (Å²) < 4.78 is 39.0. The van der Waals surface area contributed by atoms with Crippen LogP contribution in [-0.2, 0) is 23.9 Å². The van der Waals surface area contributed by atoms with Crippen molar-refractivity contribution in [1.82, 2.24) is 10.3 Å². The summed E-state index contributed by atoms with van der Waals surface area (Å²) in [6.07, 6.45) is -2.37. The van der Waals surface area contributed by atoms with Crippen LogP contribution in [0.4, 0.5) is 18.9 Å². The summed E-state index contributed by atoms with van der Waals surface area (Å²) in [5, 5.41) is 2.87. The van der Waals surface area contributed by atoms with E-state index in [4.69, 9.17) is 0 Å². The highest BCUT2D eigenvalue weighted by Crippen LogP contribution is 2.31. The van der Waals surface area contributed by atoms with Crippen LogP contribution in [0, 0.1) is 0 Å². The third-order valence-electron chi connectivity index (χ3n) is 4.29. The molecule has 2 heterocycles. The van der Waals surface area contributed by atoms with E-state index in [1.807, 2.05) is 24.3 Å². The Balaban J connectivity index is 1.68. The Hall–Kier alpha value is -2.41. The molecule has 1 aromatic carbocycles. The summed E-state index contributed by atoms with van der Waals surface area (Å²) in [6.45, 7) is 2.11. The molecular formula is C18H18F3N3O. The summed E-state index contributed by atoms with van der Waals surface area (Å²) in [6, 6.07) is 9.28. The number of pyridine rings is 1. The second kappa shape index (κ2) is 6.84. The Kier molecular flexibility index (Phi) is 4.76. The minimum absolute atomic E-state index is 0.114. The van der Waals surface area contributed by atoms with Crippen LogP contribution >= 0.6 is 0 Å². The predicted molar refractivity (Wildman–Crippen MR) is 88.0 cm³/mol. The van der Waals surface area contributed by atoms with Crippen molar-refractivity contribution in [3.63, 3.8) is 0 Å². The number of alkyl halides is 3. The molecule has 1 aliphatic rings. The molecule has 0 spiro atoms. The average Bonchev–Trinajstić information content (AvgIpc) is 3.02. The SMILES string of the molecule is C[C@@H](NCc1ncccc1C(F)(F)F)C(=O)N1CCc2ccccc21. The fourth-order valence-corrected chi connectivity index (χ4v) is 2.97. The number of rotatable bonds is 4. The molecule has 4 nitrogen and oxygen atoms in total. The van der Waals surface area contributed by atoms with E-state index in [1.54, 1.807) is 11.8 Å². The van der Waals surface area contributed by atoms with Gasteiger partial charge in [-0.25, -0.2) is 0 Å². The minimum atomic E-state index is -4.47. The van der Waals surface area contributed by atoms with Gasteiger partial charge >= 0.3 is 6.18 Å². The van der Waals surface area contributed by atoms with Crippen molar-refractivity contribution in [2.45, 2.75) is 32.1 Å². The monoisotopic (exact) mass is 349 g/mol. The number of halogens is 3. The topological polar surface area (TPSA) is 45.2 Å². The van der Waals surface area contributed by atoms with E-state index in [2.05, 4.69) is 10.3 Å². The molecule has 0 aliphatic carbocycles.